The largest absolute Gasteiger partial charge is 0.354 e. The Hall–Kier alpha value is -1.30. The average molecular weight is 349 g/mol. The lowest BCUT2D eigenvalue weighted by Crippen LogP contribution is -2.43. The minimum absolute atomic E-state index is 0.0752. The van der Waals surface area contributed by atoms with Crippen LogP contribution in [0.4, 0.5) is 5.95 Å². The van der Waals surface area contributed by atoms with Gasteiger partial charge in [-0.2, -0.15) is 0 Å². The topological polar surface area (TPSA) is 58.1 Å². The second kappa shape index (κ2) is 6.54. The first kappa shape index (κ1) is 17.5. The number of nitrogens with one attached hydrogen (secondary N) is 1. The van der Waals surface area contributed by atoms with Gasteiger partial charge in [-0.1, -0.05) is 20.8 Å². The van der Waals surface area contributed by atoms with E-state index < -0.39 is 0 Å². The van der Waals surface area contributed by atoms with Gasteiger partial charge in [0.15, 0.2) is 0 Å². The maximum atomic E-state index is 12.5. The van der Waals surface area contributed by atoms with Gasteiger partial charge in [-0.3, -0.25) is 4.79 Å². The molecule has 0 radical (unpaired) electrons. The number of thioether (sulfide) groups is 1. The fourth-order valence-electron chi connectivity index (χ4n) is 3.69. The van der Waals surface area contributed by atoms with Crippen molar-refractivity contribution in [3.8, 4) is 0 Å². The van der Waals surface area contributed by atoms with Gasteiger partial charge in [0.25, 0.3) is 0 Å². The van der Waals surface area contributed by atoms with E-state index in [9.17, 15) is 4.79 Å². The van der Waals surface area contributed by atoms with E-state index in [1.165, 1.54) is 0 Å². The minimum Gasteiger partial charge on any atom is -0.354 e. The summed E-state index contributed by atoms with van der Waals surface area (Å²) in [6, 6.07) is 2.19. The maximum absolute atomic E-state index is 12.5. The first-order valence-corrected chi connectivity index (χ1v) is 10.0. The Kier molecular flexibility index (Phi) is 4.78. The van der Waals surface area contributed by atoms with Gasteiger partial charge in [-0.25, -0.2) is 9.97 Å². The van der Waals surface area contributed by atoms with Crippen LogP contribution >= 0.6 is 11.8 Å². The van der Waals surface area contributed by atoms with Crippen molar-refractivity contribution in [2.24, 2.45) is 10.8 Å². The highest BCUT2D eigenvalue weighted by atomic mass is 32.2. The molecule has 2 heterocycles. The molecule has 5 nitrogen and oxygen atoms in total. The van der Waals surface area contributed by atoms with Crippen molar-refractivity contribution in [1.29, 1.82) is 0 Å². The van der Waals surface area contributed by atoms with Crippen LogP contribution in [0.5, 0.6) is 0 Å². The van der Waals surface area contributed by atoms with Crippen LogP contribution in [0.25, 0.3) is 0 Å². The molecule has 2 aliphatic rings. The Bertz CT molecular complexity index is 615. The number of carbonyl (C=O) groups is 1. The molecule has 1 saturated heterocycles. The van der Waals surface area contributed by atoms with Crippen molar-refractivity contribution < 1.29 is 4.79 Å². The van der Waals surface area contributed by atoms with Crippen LogP contribution in [-0.2, 0) is 4.79 Å². The highest BCUT2D eigenvalue weighted by Crippen LogP contribution is 2.48. The number of aromatic nitrogens is 2. The third kappa shape index (κ3) is 3.53. The summed E-state index contributed by atoms with van der Waals surface area (Å²) in [6.45, 7) is 8.25. The normalized spacial score (nSPS) is 24.0. The van der Waals surface area contributed by atoms with E-state index in [1.54, 1.807) is 11.8 Å². The SMILES string of the molecule is CCC1(C(=O)NC[C@@H]2CC(C)(C)CN2c2nccc(SC)n2)CC1. The predicted octanol–water partition coefficient (Wildman–Crippen LogP) is 3.11. The molecule has 24 heavy (non-hydrogen) atoms. The van der Waals surface area contributed by atoms with Crippen LogP contribution in [0.15, 0.2) is 17.3 Å². The van der Waals surface area contributed by atoms with E-state index in [4.69, 9.17) is 0 Å². The van der Waals surface area contributed by atoms with Crippen LogP contribution in [0.3, 0.4) is 0 Å². The van der Waals surface area contributed by atoms with E-state index in [0.717, 1.165) is 43.2 Å². The lowest BCUT2D eigenvalue weighted by molar-refractivity contribution is -0.126. The predicted molar refractivity (Wildman–Crippen MR) is 98.3 cm³/mol. The van der Waals surface area contributed by atoms with E-state index in [0.29, 0.717) is 6.54 Å². The van der Waals surface area contributed by atoms with Gasteiger partial charge in [0.1, 0.15) is 5.03 Å². The summed E-state index contributed by atoms with van der Waals surface area (Å²) in [5.74, 6) is 1.01. The molecule has 0 bridgehead atoms. The van der Waals surface area contributed by atoms with Gasteiger partial charge in [0.2, 0.25) is 11.9 Å². The Labute approximate surface area is 149 Å². The van der Waals surface area contributed by atoms with E-state index in [-0.39, 0.29) is 22.8 Å². The van der Waals surface area contributed by atoms with Crippen LogP contribution in [0.2, 0.25) is 0 Å². The van der Waals surface area contributed by atoms with Gasteiger partial charge in [-0.15, -0.1) is 11.8 Å². The zero-order valence-corrected chi connectivity index (χ0v) is 15.9. The van der Waals surface area contributed by atoms with Crippen LogP contribution in [-0.4, -0.2) is 41.3 Å². The fraction of sp³-hybridized carbons (Fsp3) is 0.722. The van der Waals surface area contributed by atoms with Crippen LogP contribution in [0.1, 0.15) is 46.5 Å². The lowest BCUT2D eigenvalue weighted by Gasteiger charge is -2.26. The summed E-state index contributed by atoms with van der Waals surface area (Å²) >= 11 is 1.63. The third-order valence-corrected chi connectivity index (χ3v) is 6.07. The molecule has 0 spiro atoms. The second-order valence-corrected chi connectivity index (χ2v) is 8.72. The molecular weight excluding hydrogens is 320 g/mol. The molecule has 132 valence electrons. The summed E-state index contributed by atoms with van der Waals surface area (Å²) < 4.78 is 0. The Balaban J connectivity index is 1.71. The summed E-state index contributed by atoms with van der Waals surface area (Å²) in [4.78, 5) is 23.9. The zero-order chi connectivity index (χ0) is 17.4. The standard InChI is InChI=1S/C18H28N4OS/c1-5-18(7-8-18)15(23)20-11-13-10-17(2,3)12-22(13)16-19-9-6-14(21-16)24-4/h6,9,13H,5,7-8,10-12H2,1-4H3,(H,20,23)/t13-/m0/s1. The first-order chi connectivity index (χ1) is 11.4. The maximum Gasteiger partial charge on any atom is 0.226 e. The summed E-state index contributed by atoms with van der Waals surface area (Å²) in [6.07, 6.45) is 7.90. The lowest BCUT2D eigenvalue weighted by atomic mass is 9.90. The minimum atomic E-state index is -0.0752. The summed E-state index contributed by atoms with van der Waals surface area (Å²) in [5, 5.41) is 4.18. The molecule has 1 aromatic rings. The van der Waals surface area contributed by atoms with E-state index >= 15 is 0 Å². The number of hydrogen-bond donors (Lipinski definition) is 1. The second-order valence-electron chi connectivity index (χ2n) is 7.89. The molecule has 6 heteroatoms. The van der Waals surface area contributed by atoms with Crippen molar-refractivity contribution in [3.05, 3.63) is 12.3 Å². The first-order valence-electron chi connectivity index (χ1n) is 8.81. The van der Waals surface area contributed by atoms with E-state index in [2.05, 4.69) is 41.0 Å². The molecule has 1 aliphatic carbocycles. The molecule has 1 saturated carbocycles. The highest BCUT2D eigenvalue weighted by Gasteiger charge is 2.48. The molecule has 1 amide bonds. The molecule has 1 aliphatic heterocycles. The molecule has 2 fully saturated rings. The third-order valence-electron chi connectivity index (χ3n) is 5.42. The smallest absolute Gasteiger partial charge is 0.226 e. The van der Waals surface area contributed by atoms with Crippen molar-refractivity contribution in [2.45, 2.75) is 57.5 Å². The van der Waals surface area contributed by atoms with Crippen molar-refractivity contribution >= 4 is 23.6 Å². The monoisotopic (exact) mass is 348 g/mol. The van der Waals surface area contributed by atoms with Gasteiger partial charge >= 0.3 is 0 Å². The van der Waals surface area contributed by atoms with E-state index in [1.807, 2.05) is 18.5 Å². The molecule has 0 aromatic carbocycles. The molecule has 1 aromatic heterocycles. The number of hydrogen-bond acceptors (Lipinski definition) is 5. The van der Waals surface area contributed by atoms with Gasteiger partial charge in [0.05, 0.1) is 0 Å². The molecule has 1 atom stereocenters. The molecular formula is C18H28N4OS. The number of rotatable bonds is 6. The summed E-state index contributed by atoms with van der Waals surface area (Å²) in [7, 11) is 0. The average Bonchev–Trinajstić information content (AvgIpc) is 3.31. The quantitative estimate of drug-likeness (QED) is 0.632. The molecule has 0 unspecified atom stereocenters. The van der Waals surface area contributed by atoms with Gasteiger partial charge < -0.3 is 10.2 Å². The van der Waals surface area contributed by atoms with Crippen molar-refractivity contribution in [1.82, 2.24) is 15.3 Å². The zero-order valence-electron chi connectivity index (χ0n) is 15.1. The van der Waals surface area contributed by atoms with Crippen molar-refractivity contribution in [2.75, 3.05) is 24.2 Å². The Morgan fingerprint density at radius 1 is 1.46 bits per heavy atom. The molecule has 3 rings (SSSR count). The summed E-state index contributed by atoms with van der Waals surface area (Å²) in [5.41, 5.74) is 0.129. The van der Waals surface area contributed by atoms with Gasteiger partial charge in [0, 0.05) is 30.7 Å². The molecule has 1 N–H and O–H groups in total. The van der Waals surface area contributed by atoms with Crippen molar-refractivity contribution in [3.63, 3.8) is 0 Å². The number of nitrogens with zero attached hydrogens (tertiary/aromatic N) is 3. The number of carbonyl (C=O) groups excluding carboxylic acids is 1. The Morgan fingerprint density at radius 3 is 2.83 bits per heavy atom. The fourth-order valence-corrected chi connectivity index (χ4v) is 4.06. The number of anilines is 1. The van der Waals surface area contributed by atoms with Crippen LogP contribution < -0.4 is 10.2 Å². The van der Waals surface area contributed by atoms with Crippen LogP contribution in [0, 0.1) is 10.8 Å². The highest BCUT2D eigenvalue weighted by molar-refractivity contribution is 7.98. The number of amides is 1. The Morgan fingerprint density at radius 2 is 2.21 bits per heavy atom. The van der Waals surface area contributed by atoms with Gasteiger partial charge in [-0.05, 0) is 43.4 Å².